The number of aromatic nitrogens is 2. The third kappa shape index (κ3) is 6.02. The number of aryl methyl sites for hydroxylation is 2. The average Bonchev–Trinajstić information content (AvgIpc) is 3.45. The molecular formula is C43H38Cl2F4N6O2. The van der Waals surface area contributed by atoms with Gasteiger partial charge in [-0.05, 0) is 80.8 Å². The summed E-state index contributed by atoms with van der Waals surface area (Å²) in [6, 6.07) is 17.3. The molecule has 294 valence electrons. The third-order valence-corrected chi connectivity index (χ3v) is 13.8. The number of piperidine rings is 1. The lowest BCUT2D eigenvalue weighted by Gasteiger charge is -2.40. The van der Waals surface area contributed by atoms with E-state index in [1.54, 1.807) is 30.3 Å². The maximum Gasteiger partial charge on any atom is 0.573 e. The fraction of sp³-hybridized carbons (Fsp3) is 0.419. The molecule has 6 atom stereocenters. The number of nitrogens with one attached hydrogen (secondary N) is 1. The summed E-state index contributed by atoms with van der Waals surface area (Å²) in [6.07, 6.45) is -0.953. The molecule has 3 aromatic carbocycles. The highest BCUT2D eigenvalue weighted by Crippen LogP contribution is 2.54. The average molecular weight is 818 g/mol. The van der Waals surface area contributed by atoms with Gasteiger partial charge in [0, 0.05) is 89.0 Å². The van der Waals surface area contributed by atoms with E-state index in [-0.39, 0.29) is 76.6 Å². The van der Waals surface area contributed by atoms with E-state index in [9.17, 15) is 23.2 Å². The van der Waals surface area contributed by atoms with Crippen LogP contribution in [0.4, 0.5) is 23.2 Å². The van der Waals surface area contributed by atoms with E-state index in [0.29, 0.717) is 51.9 Å². The Morgan fingerprint density at radius 1 is 1.05 bits per heavy atom. The molecule has 2 aliphatic carbocycles. The van der Waals surface area contributed by atoms with Gasteiger partial charge in [0.2, 0.25) is 5.91 Å². The van der Waals surface area contributed by atoms with Gasteiger partial charge in [-0.1, -0.05) is 41.4 Å². The molecule has 2 saturated carbocycles. The van der Waals surface area contributed by atoms with Crippen LogP contribution < -0.4 is 15.0 Å². The number of fused-ring (bicyclic) bond motifs is 6. The fourth-order valence-electron chi connectivity index (χ4n) is 10.4. The van der Waals surface area contributed by atoms with Gasteiger partial charge in [0.05, 0.1) is 39.8 Å². The van der Waals surface area contributed by atoms with E-state index in [4.69, 9.17) is 28.2 Å². The molecule has 11 rings (SSSR count). The minimum atomic E-state index is -4.82. The Kier molecular flexibility index (Phi) is 8.70. The molecule has 57 heavy (non-hydrogen) atoms. The van der Waals surface area contributed by atoms with Crippen molar-refractivity contribution >= 4 is 56.6 Å². The molecule has 5 aromatic rings. The van der Waals surface area contributed by atoms with Crippen LogP contribution in [0.2, 0.25) is 10.0 Å². The van der Waals surface area contributed by atoms with Crippen LogP contribution >= 0.6 is 23.2 Å². The number of anilines is 1. The third-order valence-electron chi connectivity index (χ3n) is 12.9. The molecule has 0 unspecified atom stereocenters. The summed E-state index contributed by atoms with van der Waals surface area (Å²) in [5.74, 6) is -0.463. The number of benzene rings is 3. The van der Waals surface area contributed by atoms with Gasteiger partial charge >= 0.3 is 6.36 Å². The highest BCUT2D eigenvalue weighted by molar-refractivity contribution is 6.43. The lowest BCUT2D eigenvalue weighted by Crippen LogP contribution is -2.45. The Balaban J connectivity index is 1.17. The van der Waals surface area contributed by atoms with Crippen LogP contribution in [0.25, 0.3) is 32.9 Å². The number of carbonyl (C=O) groups excluding carboxylic acids is 1. The standard InChI is InChI=1S/C43H38Cl2F4N6O2/c1-21-30-17-34(40-25-13-27(54(40)42(56)22-10-11-22)20-53(19-25)26-6-2-7-28(16-26)57-43(47,48)49)55(39-24-15-33(39)51-18-24)41(30)31-14-23(5-4-12-50)35(37(46)38(31)52-21)29-8-3-9-32(44)36(29)45/h2-3,6-9,14,16-17,22,24-25,27,33,39-40,51H,4-5,10-11,13,15,18-20H2,1H3/t24-,25+,27-,33-,39+,40-/m1/s1. The number of nitrogens with zero attached hydrogens (tertiary/aromatic N) is 5. The van der Waals surface area contributed by atoms with Gasteiger partial charge in [-0.3, -0.25) is 4.79 Å². The van der Waals surface area contributed by atoms with Crippen LogP contribution in [0.15, 0.2) is 54.6 Å². The Bertz CT molecular complexity index is 2520. The summed E-state index contributed by atoms with van der Waals surface area (Å²) < 4.78 is 63.6. The molecule has 2 aromatic heterocycles. The molecule has 4 bridgehead atoms. The van der Waals surface area contributed by atoms with E-state index in [1.807, 2.05) is 13.0 Å². The normalized spacial score (nSPS) is 25.3. The monoisotopic (exact) mass is 816 g/mol. The lowest BCUT2D eigenvalue weighted by atomic mass is 9.79. The van der Waals surface area contributed by atoms with Crippen molar-refractivity contribution in [3.63, 3.8) is 0 Å². The van der Waals surface area contributed by atoms with Crippen molar-refractivity contribution in [2.75, 3.05) is 24.5 Å². The van der Waals surface area contributed by atoms with E-state index >= 15 is 4.39 Å². The van der Waals surface area contributed by atoms with Gasteiger partial charge in [0.1, 0.15) is 11.3 Å². The van der Waals surface area contributed by atoms with Crippen LogP contribution in [0.1, 0.15) is 61.1 Å². The molecule has 6 heterocycles. The zero-order chi connectivity index (χ0) is 39.5. The lowest BCUT2D eigenvalue weighted by molar-refractivity contribution is -0.274. The molecule has 6 fully saturated rings. The largest absolute Gasteiger partial charge is 0.573 e. The predicted octanol–water partition coefficient (Wildman–Crippen LogP) is 9.69. The second-order valence-electron chi connectivity index (χ2n) is 16.3. The SMILES string of the molecule is Cc1nc2c(F)c(-c3cccc(Cl)c3Cl)c(CCC#N)cc2c2c1cc([C@H]1[C@H]3C[C@H](CN(c4cccc(OC(F)(F)F)c4)C3)N1C(=O)C1CC1)n2[C@H]1[C@H]2CN[C@@H]1C2. The first-order valence-electron chi connectivity index (χ1n) is 19.5. The zero-order valence-electron chi connectivity index (χ0n) is 30.9. The molecule has 8 nitrogen and oxygen atoms in total. The van der Waals surface area contributed by atoms with Crippen LogP contribution in [0.5, 0.6) is 5.75 Å². The molecule has 14 heteroatoms. The number of ether oxygens (including phenoxy) is 1. The number of alkyl halides is 3. The zero-order valence-corrected chi connectivity index (χ0v) is 32.4. The Labute approximate surface area is 336 Å². The van der Waals surface area contributed by atoms with E-state index < -0.39 is 12.2 Å². The number of pyridine rings is 1. The molecule has 1 N–H and O–H groups in total. The van der Waals surface area contributed by atoms with Gasteiger partial charge < -0.3 is 24.4 Å². The number of hydrogen-bond donors (Lipinski definition) is 1. The van der Waals surface area contributed by atoms with Gasteiger partial charge in [-0.25, -0.2) is 9.37 Å². The van der Waals surface area contributed by atoms with E-state index in [1.165, 1.54) is 12.1 Å². The van der Waals surface area contributed by atoms with Crippen molar-refractivity contribution in [3.8, 4) is 22.9 Å². The summed E-state index contributed by atoms with van der Waals surface area (Å²) in [5, 5.41) is 15.3. The Hall–Kier alpha value is -4.57. The predicted molar refractivity (Wildman–Crippen MR) is 210 cm³/mol. The van der Waals surface area contributed by atoms with Gasteiger partial charge in [0.25, 0.3) is 0 Å². The number of halogens is 6. The second kappa shape index (κ2) is 13.5. The van der Waals surface area contributed by atoms with Crippen LogP contribution in [-0.4, -0.2) is 58.4 Å². The smallest absolute Gasteiger partial charge is 0.406 e. The van der Waals surface area contributed by atoms with E-state index in [0.717, 1.165) is 48.8 Å². The summed E-state index contributed by atoms with van der Waals surface area (Å²) >= 11 is 13.1. The van der Waals surface area contributed by atoms with Gasteiger partial charge in [-0.2, -0.15) is 5.26 Å². The first-order chi connectivity index (χ1) is 27.4. The van der Waals surface area contributed by atoms with Crippen molar-refractivity contribution in [2.45, 2.75) is 76.0 Å². The molecular weight excluding hydrogens is 779 g/mol. The van der Waals surface area contributed by atoms with Crippen LogP contribution in [0.3, 0.4) is 0 Å². The first kappa shape index (κ1) is 36.7. The maximum atomic E-state index is 17.3. The summed E-state index contributed by atoms with van der Waals surface area (Å²) in [4.78, 5) is 23.5. The first-order valence-corrected chi connectivity index (χ1v) is 20.3. The van der Waals surface area contributed by atoms with Crippen LogP contribution in [0, 0.1) is 41.8 Å². The highest BCUT2D eigenvalue weighted by Gasteiger charge is 2.55. The fourth-order valence-corrected chi connectivity index (χ4v) is 10.8. The molecule has 6 aliphatic rings. The highest BCUT2D eigenvalue weighted by atomic mass is 35.5. The van der Waals surface area contributed by atoms with Crippen LogP contribution in [-0.2, 0) is 11.2 Å². The van der Waals surface area contributed by atoms with E-state index in [2.05, 4.69) is 36.6 Å². The molecule has 0 spiro atoms. The second-order valence-corrected chi connectivity index (χ2v) is 17.1. The number of amides is 1. The summed E-state index contributed by atoms with van der Waals surface area (Å²) in [5.41, 5.74) is 4.60. The molecule has 4 saturated heterocycles. The number of rotatable bonds is 8. The quantitative estimate of drug-likeness (QED) is 0.157. The Morgan fingerprint density at radius 3 is 2.58 bits per heavy atom. The number of likely N-dealkylation sites (tertiary alicyclic amines) is 1. The van der Waals surface area contributed by atoms with Crippen molar-refractivity contribution < 1.29 is 27.1 Å². The van der Waals surface area contributed by atoms with Crippen molar-refractivity contribution in [1.82, 2.24) is 19.8 Å². The van der Waals surface area contributed by atoms with Gasteiger partial charge in [0.15, 0.2) is 5.82 Å². The van der Waals surface area contributed by atoms with Crippen molar-refractivity contribution in [2.24, 2.45) is 17.8 Å². The van der Waals surface area contributed by atoms with Gasteiger partial charge in [-0.15, -0.1) is 13.2 Å². The molecule has 4 aliphatic heterocycles. The molecule has 0 radical (unpaired) electrons. The summed E-state index contributed by atoms with van der Waals surface area (Å²) in [6.45, 7) is 3.73. The molecule has 1 amide bonds. The maximum absolute atomic E-state index is 17.3. The number of carbonyl (C=O) groups is 1. The minimum absolute atomic E-state index is 0.0357. The van der Waals surface area contributed by atoms with Crippen molar-refractivity contribution in [1.29, 1.82) is 5.26 Å². The Morgan fingerprint density at radius 2 is 1.86 bits per heavy atom. The minimum Gasteiger partial charge on any atom is -0.406 e. The topological polar surface area (TPSA) is 86.4 Å². The number of nitriles is 1. The van der Waals surface area contributed by atoms with Crippen molar-refractivity contribution in [3.05, 3.63) is 87.4 Å². The summed E-state index contributed by atoms with van der Waals surface area (Å²) in [7, 11) is 0. The number of hydrogen-bond acceptors (Lipinski definition) is 6.